The molecule has 0 unspecified atom stereocenters. The molecule has 0 saturated carbocycles. The highest BCUT2D eigenvalue weighted by Gasteiger charge is 2.17. The average molecular weight is 439 g/mol. The van der Waals surface area contributed by atoms with Gasteiger partial charge in [0.05, 0.1) is 23.1 Å². The van der Waals surface area contributed by atoms with E-state index in [1.807, 2.05) is 42.8 Å². The molecule has 3 rings (SSSR count). The van der Waals surface area contributed by atoms with E-state index in [0.717, 1.165) is 28.3 Å². The molecule has 0 fully saturated rings. The van der Waals surface area contributed by atoms with Crippen molar-refractivity contribution >= 4 is 44.6 Å². The minimum atomic E-state index is -3.77. The molecule has 1 aromatic carbocycles. The summed E-state index contributed by atoms with van der Waals surface area (Å²) in [6, 6.07) is 12.2. The van der Waals surface area contributed by atoms with Gasteiger partial charge in [-0.1, -0.05) is 23.7 Å². The number of carbonyl (C=O) groups excluding carboxylic acids is 1. The Kier molecular flexibility index (Phi) is 6.19. The molecule has 0 atom stereocenters. The van der Waals surface area contributed by atoms with Crippen molar-refractivity contribution in [3.63, 3.8) is 0 Å². The normalized spacial score (nSPS) is 11.5. The lowest BCUT2D eigenvalue weighted by Crippen LogP contribution is -2.32. The molecule has 2 N–H and O–H groups in total. The van der Waals surface area contributed by atoms with Gasteiger partial charge in [-0.2, -0.15) is 5.10 Å². The molecule has 0 saturated heterocycles. The first-order chi connectivity index (χ1) is 13.2. The lowest BCUT2D eigenvalue weighted by atomic mass is 10.2. The van der Waals surface area contributed by atoms with Crippen molar-refractivity contribution in [3.05, 3.63) is 63.8 Å². The highest BCUT2D eigenvalue weighted by molar-refractivity contribution is 7.91. The van der Waals surface area contributed by atoms with Gasteiger partial charge in [-0.15, -0.1) is 11.3 Å². The van der Waals surface area contributed by atoms with Gasteiger partial charge in [0.2, 0.25) is 5.91 Å². The van der Waals surface area contributed by atoms with Gasteiger partial charge < -0.3 is 5.32 Å². The van der Waals surface area contributed by atoms with Crippen molar-refractivity contribution in [2.75, 3.05) is 11.9 Å². The predicted octanol–water partition coefficient (Wildman–Crippen LogP) is 3.18. The van der Waals surface area contributed by atoms with Crippen LogP contribution in [0.2, 0.25) is 4.34 Å². The Morgan fingerprint density at radius 2 is 2.00 bits per heavy atom. The zero-order valence-corrected chi connectivity index (χ0v) is 17.7. The standard InChI is InChI=1S/C18H19ClN4O3S2/c1-12-8-13(2)23(22-12)11-14-4-3-5-15(9-14)21-17(24)10-20-28(25,26)18-7-6-16(19)27-18/h3-9,20H,10-11H2,1-2H3,(H,21,24). The molecule has 0 bridgehead atoms. The topological polar surface area (TPSA) is 93.1 Å². The third-order valence-corrected chi connectivity index (χ3v) is 7.01. The molecule has 0 radical (unpaired) electrons. The number of benzene rings is 1. The molecule has 28 heavy (non-hydrogen) atoms. The average Bonchev–Trinajstić information content (AvgIpc) is 3.19. The number of aromatic nitrogens is 2. The summed E-state index contributed by atoms with van der Waals surface area (Å²) in [5.74, 6) is -0.463. The second-order valence-electron chi connectivity index (χ2n) is 6.22. The Labute approximate surface area is 172 Å². The minimum Gasteiger partial charge on any atom is -0.325 e. The molecule has 1 amide bonds. The van der Waals surface area contributed by atoms with Gasteiger partial charge in [0.25, 0.3) is 10.0 Å². The highest BCUT2D eigenvalue weighted by atomic mass is 35.5. The van der Waals surface area contributed by atoms with Gasteiger partial charge in [0.1, 0.15) is 4.21 Å². The van der Waals surface area contributed by atoms with E-state index in [2.05, 4.69) is 15.1 Å². The number of nitrogens with one attached hydrogen (secondary N) is 2. The highest BCUT2D eigenvalue weighted by Crippen LogP contribution is 2.25. The van der Waals surface area contributed by atoms with E-state index in [-0.39, 0.29) is 10.8 Å². The summed E-state index contributed by atoms with van der Waals surface area (Å²) in [5, 5.41) is 7.13. The summed E-state index contributed by atoms with van der Waals surface area (Å²) in [4.78, 5) is 12.1. The monoisotopic (exact) mass is 438 g/mol. The lowest BCUT2D eigenvalue weighted by molar-refractivity contribution is -0.115. The Hall–Kier alpha value is -2.20. The number of amides is 1. The van der Waals surface area contributed by atoms with Crippen molar-refractivity contribution in [2.24, 2.45) is 0 Å². The largest absolute Gasteiger partial charge is 0.325 e. The van der Waals surface area contributed by atoms with Crippen LogP contribution in [0.15, 0.2) is 46.7 Å². The second kappa shape index (κ2) is 8.44. The van der Waals surface area contributed by atoms with E-state index in [0.29, 0.717) is 16.6 Å². The van der Waals surface area contributed by atoms with E-state index in [1.54, 1.807) is 6.07 Å². The molecule has 0 spiro atoms. The number of halogens is 1. The van der Waals surface area contributed by atoms with Gasteiger partial charge in [0, 0.05) is 11.4 Å². The predicted molar refractivity (Wildman–Crippen MR) is 110 cm³/mol. The molecular formula is C18H19ClN4O3S2. The first-order valence-electron chi connectivity index (χ1n) is 8.38. The van der Waals surface area contributed by atoms with E-state index in [1.165, 1.54) is 12.1 Å². The van der Waals surface area contributed by atoms with E-state index < -0.39 is 15.9 Å². The number of hydrogen-bond acceptors (Lipinski definition) is 5. The second-order valence-corrected chi connectivity index (χ2v) is 9.93. The summed E-state index contributed by atoms with van der Waals surface area (Å²) in [7, 11) is -3.77. The van der Waals surface area contributed by atoms with Crippen LogP contribution in [0.3, 0.4) is 0 Å². The molecule has 2 aromatic heterocycles. The van der Waals surface area contributed by atoms with Crippen molar-refractivity contribution in [3.8, 4) is 0 Å². The fraction of sp³-hybridized carbons (Fsp3) is 0.222. The Balaban J connectivity index is 1.60. The van der Waals surface area contributed by atoms with Gasteiger partial charge >= 0.3 is 0 Å². The van der Waals surface area contributed by atoms with Crippen LogP contribution < -0.4 is 10.0 Å². The van der Waals surface area contributed by atoms with Crippen LogP contribution in [0, 0.1) is 13.8 Å². The number of sulfonamides is 1. The zero-order valence-electron chi connectivity index (χ0n) is 15.3. The van der Waals surface area contributed by atoms with Gasteiger partial charge in [0.15, 0.2) is 0 Å². The number of aryl methyl sites for hydroxylation is 2. The maximum Gasteiger partial charge on any atom is 0.250 e. The van der Waals surface area contributed by atoms with Gasteiger partial charge in [-0.25, -0.2) is 13.1 Å². The van der Waals surface area contributed by atoms with Crippen LogP contribution in [0.1, 0.15) is 17.0 Å². The van der Waals surface area contributed by atoms with Crippen LogP contribution in [-0.4, -0.2) is 30.7 Å². The number of rotatable bonds is 7. The Morgan fingerprint density at radius 1 is 1.21 bits per heavy atom. The Bertz CT molecular complexity index is 1110. The maximum absolute atomic E-state index is 12.1. The van der Waals surface area contributed by atoms with Crippen LogP contribution >= 0.6 is 22.9 Å². The molecule has 2 heterocycles. The molecule has 3 aromatic rings. The summed E-state index contributed by atoms with van der Waals surface area (Å²) >= 11 is 6.69. The van der Waals surface area contributed by atoms with E-state index in [9.17, 15) is 13.2 Å². The molecule has 148 valence electrons. The fourth-order valence-electron chi connectivity index (χ4n) is 2.63. The van der Waals surface area contributed by atoms with Crippen LogP contribution in [0.4, 0.5) is 5.69 Å². The van der Waals surface area contributed by atoms with Crippen LogP contribution in [0.25, 0.3) is 0 Å². The lowest BCUT2D eigenvalue weighted by Gasteiger charge is -2.09. The molecule has 10 heteroatoms. The SMILES string of the molecule is Cc1cc(C)n(Cc2cccc(NC(=O)CNS(=O)(=O)c3ccc(Cl)s3)c2)n1. The summed E-state index contributed by atoms with van der Waals surface area (Å²) in [5.41, 5.74) is 3.55. The summed E-state index contributed by atoms with van der Waals surface area (Å²) in [6.45, 7) is 4.12. The quantitative estimate of drug-likeness (QED) is 0.592. The summed E-state index contributed by atoms with van der Waals surface area (Å²) < 4.78 is 28.9. The van der Waals surface area contributed by atoms with E-state index in [4.69, 9.17) is 11.6 Å². The number of hydrogen-bond donors (Lipinski definition) is 2. The van der Waals surface area contributed by atoms with Crippen molar-refractivity contribution in [1.29, 1.82) is 0 Å². The van der Waals surface area contributed by atoms with Gasteiger partial charge in [-0.3, -0.25) is 9.48 Å². The van der Waals surface area contributed by atoms with Gasteiger partial charge in [-0.05, 0) is 49.7 Å². The van der Waals surface area contributed by atoms with Crippen molar-refractivity contribution in [1.82, 2.24) is 14.5 Å². The Morgan fingerprint density at radius 3 is 2.64 bits per heavy atom. The number of anilines is 1. The van der Waals surface area contributed by atoms with Crippen molar-refractivity contribution in [2.45, 2.75) is 24.6 Å². The van der Waals surface area contributed by atoms with E-state index >= 15 is 0 Å². The summed E-state index contributed by atoms with van der Waals surface area (Å²) in [6.07, 6.45) is 0. The molecule has 0 aliphatic carbocycles. The van der Waals surface area contributed by atoms with Crippen LogP contribution in [-0.2, 0) is 21.4 Å². The first kappa shape index (κ1) is 20.5. The number of thiophene rings is 1. The minimum absolute atomic E-state index is 0.0668. The van der Waals surface area contributed by atoms with Crippen LogP contribution in [0.5, 0.6) is 0 Å². The number of nitrogens with zero attached hydrogens (tertiary/aromatic N) is 2. The third-order valence-electron chi connectivity index (χ3n) is 3.88. The molecule has 0 aliphatic heterocycles. The molecular weight excluding hydrogens is 420 g/mol. The number of carbonyl (C=O) groups is 1. The zero-order chi connectivity index (χ0) is 20.3. The molecule has 0 aliphatic rings. The van der Waals surface area contributed by atoms with Crippen molar-refractivity contribution < 1.29 is 13.2 Å². The fourth-order valence-corrected chi connectivity index (χ4v) is 5.14. The molecule has 7 nitrogen and oxygen atoms in total. The smallest absolute Gasteiger partial charge is 0.250 e. The maximum atomic E-state index is 12.1. The first-order valence-corrected chi connectivity index (χ1v) is 11.1. The third kappa shape index (κ3) is 5.20.